The van der Waals surface area contributed by atoms with Crippen LogP contribution in [0.1, 0.15) is 0 Å². The first kappa shape index (κ1) is 8.35. The van der Waals surface area contributed by atoms with E-state index in [0.29, 0.717) is 6.79 Å². The minimum atomic E-state index is 0.296. The highest BCUT2D eigenvalue weighted by Crippen LogP contribution is 2.35. The van der Waals surface area contributed by atoms with Crippen LogP contribution < -0.4 is 14.8 Å². The first-order valence-electron chi connectivity index (χ1n) is 4.75. The van der Waals surface area contributed by atoms with Crippen LogP contribution in [0.4, 0.5) is 5.82 Å². The Morgan fingerprint density at radius 3 is 2.80 bits per heavy atom. The van der Waals surface area contributed by atoms with Gasteiger partial charge in [-0.1, -0.05) is 0 Å². The summed E-state index contributed by atoms with van der Waals surface area (Å²) in [5.41, 5.74) is 0.908. The van der Waals surface area contributed by atoms with Crippen LogP contribution in [0.3, 0.4) is 0 Å². The predicted molar refractivity (Wildman–Crippen MR) is 57.4 cm³/mol. The summed E-state index contributed by atoms with van der Waals surface area (Å²) in [5, 5.41) is 4.06. The molecule has 4 nitrogen and oxygen atoms in total. The average molecular weight is 202 g/mol. The lowest BCUT2D eigenvalue weighted by atomic mass is 10.2. The number of benzene rings is 1. The number of nitrogens with zero attached hydrogens (tertiary/aromatic N) is 1. The molecule has 0 amide bonds. The molecule has 2 heterocycles. The maximum Gasteiger partial charge on any atom is 0.231 e. The largest absolute Gasteiger partial charge is 0.454 e. The van der Waals surface area contributed by atoms with Crippen molar-refractivity contribution in [2.75, 3.05) is 19.2 Å². The molecule has 0 bridgehead atoms. The van der Waals surface area contributed by atoms with Crippen LogP contribution in [0, 0.1) is 0 Å². The maximum absolute atomic E-state index is 5.30. The third kappa shape index (κ3) is 1.26. The van der Waals surface area contributed by atoms with E-state index in [1.807, 2.05) is 31.3 Å². The molecule has 15 heavy (non-hydrogen) atoms. The van der Waals surface area contributed by atoms with Crippen molar-refractivity contribution in [2.24, 2.45) is 0 Å². The van der Waals surface area contributed by atoms with Gasteiger partial charge in [-0.25, -0.2) is 4.98 Å². The van der Waals surface area contributed by atoms with Gasteiger partial charge in [0.25, 0.3) is 0 Å². The minimum Gasteiger partial charge on any atom is -0.454 e. The summed E-state index contributed by atoms with van der Waals surface area (Å²) in [7, 11) is 1.85. The zero-order valence-corrected chi connectivity index (χ0v) is 8.28. The van der Waals surface area contributed by atoms with Crippen molar-refractivity contribution in [2.45, 2.75) is 0 Å². The Kier molecular flexibility index (Phi) is 1.68. The number of anilines is 1. The molecule has 1 N–H and O–H groups in total. The number of hydrogen-bond acceptors (Lipinski definition) is 4. The molecule has 0 unspecified atom stereocenters. The molecule has 1 aromatic heterocycles. The van der Waals surface area contributed by atoms with Crippen molar-refractivity contribution in [1.29, 1.82) is 0 Å². The van der Waals surface area contributed by atoms with E-state index in [2.05, 4.69) is 10.3 Å². The van der Waals surface area contributed by atoms with E-state index < -0.39 is 0 Å². The van der Waals surface area contributed by atoms with E-state index in [1.54, 1.807) is 0 Å². The van der Waals surface area contributed by atoms with Gasteiger partial charge in [0, 0.05) is 18.5 Å². The maximum atomic E-state index is 5.30. The van der Waals surface area contributed by atoms with E-state index in [0.717, 1.165) is 28.2 Å². The molecule has 4 heteroatoms. The highest BCUT2D eigenvalue weighted by molar-refractivity contribution is 5.84. The second-order valence-electron chi connectivity index (χ2n) is 3.34. The Morgan fingerprint density at radius 2 is 2.00 bits per heavy atom. The van der Waals surface area contributed by atoms with Crippen molar-refractivity contribution >= 4 is 16.7 Å². The zero-order valence-electron chi connectivity index (χ0n) is 8.28. The van der Waals surface area contributed by atoms with Crippen LogP contribution in [0.2, 0.25) is 0 Å². The molecule has 0 fully saturated rings. The van der Waals surface area contributed by atoms with Crippen LogP contribution in [0.15, 0.2) is 24.3 Å². The highest BCUT2D eigenvalue weighted by Gasteiger charge is 2.14. The van der Waals surface area contributed by atoms with Crippen molar-refractivity contribution in [3.8, 4) is 11.5 Å². The number of rotatable bonds is 1. The molecular weight excluding hydrogens is 192 g/mol. The Hall–Kier alpha value is -1.97. The molecule has 2 aromatic rings. The lowest BCUT2D eigenvalue weighted by Crippen LogP contribution is -1.92. The molecule has 0 saturated carbocycles. The predicted octanol–water partition coefficient (Wildman–Crippen LogP) is 2.01. The molecule has 1 aliphatic heterocycles. The van der Waals surface area contributed by atoms with Gasteiger partial charge in [-0.05, 0) is 18.2 Å². The van der Waals surface area contributed by atoms with Crippen LogP contribution >= 0.6 is 0 Å². The first-order valence-corrected chi connectivity index (χ1v) is 4.75. The van der Waals surface area contributed by atoms with E-state index in [9.17, 15) is 0 Å². The number of ether oxygens (including phenoxy) is 2. The summed E-state index contributed by atoms with van der Waals surface area (Å²) < 4.78 is 10.6. The van der Waals surface area contributed by atoms with Gasteiger partial charge in [0.15, 0.2) is 11.5 Å². The number of fused-ring (bicyclic) bond motifs is 2. The van der Waals surface area contributed by atoms with Gasteiger partial charge in [0.05, 0.1) is 5.52 Å². The fourth-order valence-electron chi connectivity index (χ4n) is 1.65. The second-order valence-corrected chi connectivity index (χ2v) is 3.34. The van der Waals surface area contributed by atoms with Crippen molar-refractivity contribution in [3.63, 3.8) is 0 Å². The third-order valence-electron chi connectivity index (χ3n) is 2.44. The highest BCUT2D eigenvalue weighted by atomic mass is 16.7. The lowest BCUT2D eigenvalue weighted by molar-refractivity contribution is 0.174. The standard InChI is InChI=1S/C11H10N2O2/c1-12-11-3-2-7-4-9-10(15-6-14-9)5-8(7)13-11/h2-5H,6H2,1H3,(H,12,13). The Labute approximate surface area is 86.8 Å². The fraction of sp³-hybridized carbons (Fsp3) is 0.182. The molecule has 0 aliphatic carbocycles. The molecule has 1 aromatic carbocycles. The SMILES string of the molecule is CNc1ccc2cc3c(cc2n1)OCO3. The van der Waals surface area contributed by atoms with Crippen molar-refractivity contribution in [1.82, 2.24) is 4.98 Å². The summed E-state index contributed by atoms with van der Waals surface area (Å²) in [4.78, 5) is 4.42. The summed E-state index contributed by atoms with van der Waals surface area (Å²) >= 11 is 0. The number of pyridine rings is 1. The normalized spacial score (nSPS) is 13.1. The van der Waals surface area contributed by atoms with Gasteiger partial charge in [-0.3, -0.25) is 0 Å². The quantitative estimate of drug-likeness (QED) is 0.768. The molecule has 3 rings (SSSR count). The molecule has 1 aliphatic rings. The van der Waals surface area contributed by atoms with Gasteiger partial charge in [-0.15, -0.1) is 0 Å². The summed E-state index contributed by atoms with van der Waals surface area (Å²) in [5.74, 6) is 2.41. The molecule has 0 spiro atoms. The van der Waals surface area contributed by atoms with Gasteiger partial charge in [0.1, 0.15) is 5.82 Å². The van der Waals surface area contributed by atoms with E-state index in [4.69, 9.17) is 9.47 Å². The molecule has 0 atom stereocenters. The Bertz CT molecular complexity index is 525. The Balaban J connectivity index is 2.24. The summed E-state index contributed by atoms with van der Waals surface area (Å²) in [6.45, 7) is 0.296. The minimum absolute atomic E-state index is 0.296. The molecule has 0 radical (unpaired) electrons. The Morgan fingerprint density at radius 1 is 1.20 bits per heavy atom. The van der Waals surface area contributed by atoms with Crippen LogP contribution in [0.25, 0.3) is 10.9 Å². The zero-order chi connectivity index (χ0) is 10.3. The summed E-state index contributed by atoms with van der Waals surface area (Å²) in [6.07, 6.45) is 0. The van der Waals surface area contributed by atoms with E-state index in [-0.39, 0.29) is 0 Å². The van der Waals surface area contributed by atoms with E-state index in [1.165, 1.54) is 0 Å². The molecule has 0 saturated heterocycles. The number of aromatic nitrogens is 1. The number of nitrogens with one attached hydrogen (secondary N) is 1. The van der Waals surface area contributed by atoms with Crippen LogP contribution in [0.5, 0.6) is 11.5 Å². The van der Waals surface area contributed by atoms with Crippen molar-refractivity contribution < 1.29 is 9.47 Å². The number of hydrogen-bond donors (Lipinski definition) is 1. The average Bonchev–Trinajstić information content (AvgIpc) is 2.72. The first-order chi connectivity index (χ1) is 7.36. The van der Waals surface area contributed by atoms with Crippen molar-refractivity contribution in [3.05, 3.63) is 24.3 Å². The fourth-order valence-corrected chi connectivity index (χ4v) is 1.65. The second kappa shape index (κ2) is 3.02. The summed E-state index contributed by atoms with van der Waals surface area (Å²) in [6, 6.07) is 7.79. The van der Waals surface area contributed by atoms with Gasteiger partial charge in [-0.2, -0.15) is 0 Å². The molecular formula is C11H10N2O2. The molecule has 76 valence electrons. The van der Waals surface area contributed by atoms with Gasteiger partial charge >= 0.3 is 0 Å². The smallest absolute Gasteiger partial charge is 0.231 e. The monoisotopic (exact) mass is 202 g/mol. The topological polar surface area (TPSA) is 43.4 Å². The third-order valence-corrected chi connectivity index (χ3v) is 2.44. The van der Waals surface area contributed by atoms with Crippen LogP contribution in [-0.4, -0.2) is 18.8 Å². The lowest BCUT2D eigenvalue weighted by Gasteiger charge is -2.03. The van der Waals surface area contributed by atoms with Gasteiger partial charge in [0.2, 0.25) is 6.79 Å². The van der Waals surface area contributed by atoms with Gasteiger partial charge < -0.3 is 14.8 Å². The van der Waals surface area contributed by atoms with Crippen LogP contribution in [-0.2, 0) is 0 Å². The van der Waals surface area contributed by atoms with E-state index >= 15 is 0 Å².